The van der Waals surface area contributed by atoms with Gasteiger partial charge in [0.15, 0.2) is 5.69 Å². The van der Waals surface area contributed by atoms with E-state index in [9.17, 15) is 4.79 Å². The summed E-state index contributed by atoms with van der Waals surface area (Å²) in [7, 11) is 0. The van der Waals surface area contributed by atoms with Crippen molar-refractivity contribution in [2.45, 2.75) is 32.1 Å². The fraction of sp³-hybridized carbons (Fsp3) is 0.278. The Kier molecular flexibility index (Phi) is 3.94. The van der Waals surface area contributed by atoms with Crippen molar-refractivity contribution in [2.24, 2.45) is 0 Å². The zero-order chi connectivity index (χ0) is 16.5. The minimum absolute atomic E-state index is 0.219. The quantitative estimate of drug-likeness (QED) is 0.689. The molecule has 1 aliphatic rings. The molecule has 2 aromatic heterocycles. The molecule has 1 amide bonds. The standard InChI is InChI=1S/C18H17ClN4O/c19-12-8-6-11-7-9-16(20-15(11)10-12)21-18(24)17-13-4-2-1-3-5-14(13)22-23-17/h6-10H,1-5H2,(H,22,23)(H,20,21,24). The number of nitrogens with zero attached hydrogens (tertiary/aromatic N) is 2. The van der Waals surface area contributed by atoms with Crippen molar-refractivity contribution in [3.05, 3.63) is 52.3 Å². The number of benzene rings is 1. The number of aryl methyl sites for hydroxylation is 1. The van der Waals surface area contributed by atoms with Crippen LogP contribution in [0.5, 0.6) is 0 Å². The summed E-state index contributed by atoms with van der Waals surface area (Å²) in [5.74, 6) is 0.281. The number of aromatic nitrogens is 3. The second kappa shape index (κ2) is 6.24. The average molecular weight is 341 g/mol. The molecule has 0 radical (unpaired) electrons. The third-order valence-corrected chi connectivity index (χ3v) is 4.65. The lowest BCUT2D eigenvalue weighted by Gasteiger charge is -2.06. The fourth-order valence-electron chi connectivity index (χ4n) is 3.18. The van der Waals surface area contributed by atoms with Gasteiger partial charge in [0, 0.05) is 21.7 Å². The second-order valence-corrected chi connectivity index (χ2v) is 6.51. The number of H-pyrrole nitrogens is 1. The Morgan fingerprint density at radius 3 is 2.88 bits per heavy atom. The number of rotatable bonds is 2. The van der Waals surface area contributed by atoms with Crippen LogP contribution in [-0.2, 0) is 12.8 Å². The number of anilines is 1. The van der Waals surface area contributed by atoms with Crippen LogP contribution in [0.4, 0.5) is 5.82 Å². The van der Waals surface area contributed by atoms with E-state index in [1.54, 1.807) is 12.1 Å². The maximum Gasteiger partial charge on any atom is 0.277 e. The van der Waals surface area contributed by atoms with Gasteiger partial charge in [-0.2, -0.15) is 5.10 Å². The van der Waals surface area contributed by atoms with Gasteiger partial charge in [0.25, 0.3) is 5.91 Å². The summed E-state index contributed by atoms with van der Waals surface area (Å²) in [5, 5.41) is 11.7. The molecular formula is C18H17ClN4O. The van der Waals surface area contributed by atoms with Crippen LogP contribution in [0.25, 0.3) is 10.9 Å². The number of aromatic amines is 1. The third-order valence-electron chi connectivity index (χ3n) is 4.42. The van der Waals surface area contributed by atoms with Crippen LogP contribution >= 0.6 is 11.6 Å². The number of carbonyl (C=O) groups excluding carboxylic acids is 1. The minimum Gasteiger partial charge on any atom is -0.305 e. The highest BCUT2D eigenvalue weighted by molar-refractivity contribution is 6.31. The highest BCUT2D eigenvalue weighted by Crippen LogP contribution is 2.23. The van der Waals surface area contributed by atoms with E-state index in [2.05, 4.69) is 20.5 Å². The molecule has 2 N–H and O–H groups in total. The van der Waals surface area contributed by atoms with Crippen molar-refractivity contribution < 1.29 is 4.79 Å². The maximum atomic E-state index is 12.6. The van der Waals surface area contributed by atoms with Gasteiger partial charge in [0.05, 0.1) is 5.52 Å². The zero-order valence-electron chi connectivity index (χ0n) is 13.1. The molecule has 1 aromatic carbocycles. The summed E-state index contributed by atoms with van der Waals surface area (Å²) in [4.78, 5) is 17.1. The van der Waals surface area contributed by atoms with Crippen molar-refractivity contribution in [3.8, 4) is 0 Å². The summed E-state index contributed by atoms with van der Waals surface area (Å²) < 4.78 is 0. The van der Waals surface area contributed by atoms with E-state index < -0.39 is 0 Å². The lowest BCUT2D eigenvalue weighted by atomic mass is 10.1. The lowest BCUT2D eigenvalue weighted by Crippen LogP contribution is -2.15. The molecule has 0 fully saturated rings. The maximum absolute atomic E-state index is 12.6. The van der Waals surface area contributed by atoms with E-state index in [1.807, 2.05) is 18.2 Å². The molecule has 3 aromatic rings. The molecular weight excluding hydrogens is 324 g/mol. The molecule has 0 aliphatic heterocycles. The predicted molar refractivity (Wildman–Crippen MR) is 94.6 cm³/mol. The van der Waals surface area contributed by atoms with E-state index in [1.165, 1.54) is 6.42 Å². The van der Waals surface area contributed by atoms with Crippen LogP contribution in [0.1, 0.15) is 41.0 Å². The van der Waals surface area contributed by atoms with Crippen LogP contribution in [0.2, 0.25) is 5.02 Å². The first kappa shape index (κ1) is 15.1. The van der Waals surface area contributed by atoms with Crippen molar-refractivity contribution in [3.63, 3.8) is 0 Å². The van der Waals surface area contributed by atoms with Gasteiger partial charge in [-0.3, -0.25) is 9.89 Å². The molecule has 2 heterocycles. The Hall–Kier alpha value is -2.40. The molecule has 24 heavy (non-hydrogen) atoms. The largest absolute Gasteiger partial charge is 0.305 e. The van der Waals surface area contributed by atoms with Gasteiger partial charge in [-0.25, -0.2) is 4.98 Å². The second-order valence-electron chi connectivity index (χ2n) is 6.08. The van der Waals surface area contributed by atoms with Crippen LogP contribution in [0, 0.1) is 0 Å². The SMILES string of the molecule is O=C(Nc1ccc2ccc(Cl)cc2n1)c1n[nH]c2c1CCCCC2. The molecule has 6 heteroatoms. The number of hydrogen-bond acceptors (Lipinski definition) is 3. The topological polar surface area (TPSA) is 70.7 Å². The number of hydrogen-bond donors (Lipinski definition) is 2. The Morgan fingerprint density at radius 2 is 1.96 bits per heavy atom. The molecule has 0 saturated heterocycles. The van der Waals surface area contributed by atoms with Gasteiger partial charge in [0.1, 0.15) is 5.82 Å². The van der Waals surface area contributed by atoms with E-state index in [-0.39, 0.29) is 5.91 Å². The van der Waals surface area contributed by atoms with Crippen molar-refractivity contribution >= 4 is 34.2 Å². The highest BCUT2D eigenvalue weighted by atomic mass is 35.5. The average Bonchev–Trinajstić information content (AvgIpc) is 2.83. The fourth-order valence-corrected chi connectivity index (χ4v) is 3.35. The Balaban J connectivity index is 1.61. The van der Waals surface area contributed by atoms with Crippen LogP contribution in [-0.4, -0.2) is 21.1 Å². The molecule has 0 atom stereocenters. The van der Waals surface area contributed by atoms with E-state index in [4.69, 9.17) is 11.6 Å². The van der Waals surface area contributed by atoms with Gasteiger partial charge in [-0.15, -0.1) is 0 Å². The molecule has 0 spiro atoms. The van der Waals surface area contributed by atoms with Crippen molar-refractivity contribution in [1.29, 1.82) is 0 Å². The minimum atomic E-state index is -0.219. The molecule has 122 valence electrons. The highest BCUT2D eigenvalue weighted by Gasteiger charge is 2.21. The van der Waals surface area contributed by atoms with Crippen LogP contribution in [0.15, 0.2) is 30.3 Å². The van der Waals surface area contributed by atoms with Gasteiger partial charge < -0.3 is 5.32 Å². The van der Waals surface area contributed by atoms with Crippen LogP contribution in [0.3, 0.4) is 0 Å². The predicted octanol–water partition coefficient (Wildman–Crippen LogP) is 4.13. The van der Waals surface area contributed by atoms with Gasteiger partial charge >= 0.3 is 0 Å². The zero-order valence-corrected chi connectivity index (χ0v) is 13.9. The molecule has 0 unspecified atom stereocenters. The number of halogens is 1. The molecule has 0 saturated carbocycles. The number of nitrogens with one attached hydrogen (secondary N) is 2. The number of pyridine rings is 1. The third kappa shape index (κ3) is 2.87. The molecule has 1 aliphatic carbocycles. The summed E-state index contributed by atoms with van der Waals surface area (Å²) in [6, 6.07) is 9.22. The van der Waals surface area contributed by atoms with Crippen molar-refractivity contribution in [1.82, 2.24) is 15.2 Å². The summed E-state index contributed by atoms with van der Waals surface area (Å²) >= 11 is 6.01. The molecule has 4 rings (SSSR count). The Bertz CT molecular complexity index is 919. The van der Waals surface area contributed by atoms with E-state index in [0.717, 1.165) is 47.8 Å². The number of carbonyl (C=O) groups is 1. The monoisotopic (exact) mass is 340 g/mol. The lowest BCUT2D eigenvalue weighted by molar-refractivity contribution is 0.102. The number of fused-ring (bicyclic) bond motifs is 2. The van der Waals surface area contributed by atoms with Gasteiger partial charge in [-0.05, 0) is 49.9 Å². The van der Waals surface area contributed by atoms with Crippen LogP contribution < -0.4 is 5.32 Å². The van der Waals surface area contributed by atoms with Gasteiger partial charge in [-0.1, -0.05) is 24.1 Å². The Morgan fingerprint density at radius 1 is 1.12 bits per heavy atom. The molecule has 0 bridgehead atoms. The number of amides is 1. The van der Waals surface area contributed by atoms with Gasteiger partial charge in [0.2, 0.25) is 0 Å². The summed E-state index contributed by atoms with van der Waals surface area (Å²) in [6.45, 7) is 0. The molecule has 5 nitrogen and oxygen atoms in total. The first-order valence-corrected chi connectivity index (χ1v) is 8.52. The first-order valence-electron chi connectivity index (χ1n) is 8.14. The normalized spacial score (nSPS) is 14.2. The first-order chi connectivity index (χ1) is 11.7. The summed E-state index contributed by atoms with van der Waals surface area (Å²) in [6.07, 6.45) is 5.29. The van der Waals surface area contributed by atoms with Crippen molar-refractivity contribution in [2.75, 3.05) is 5.32 Å². The Labute approximate surface area is 144 Å². The smallest absolute Gasteiger partial charge is 0.277 e. The summed E-state index contributed by atoms with van der Waals surface area (Å²) in [5.41, 5.74) is 3.38. The van der Waals surface area contributed by atoms with E-state index >= 15 is 0 Å². The van der Waals surface area contributed by atoms with E-state index in [0.29, 0.717) is 16.5 Å².